The highest BCUT2D eigenvalue weighted by atomic mass is 19.1. The molecule has 2 heterocycles. The smallest absolute Gasteiger partial charge is 0.410 e. The lowest BCUT2D eigenvalue weighted by Gasteiger charge is -2.41. The largest absolute Gasteiger partial charge is 0.491 e. The Morgan fingerprint density at radius 2 is 1.80 bits per heavy atom. The molecule has 0 aliphatic carbocycles. The van der Waals surface area contributed by atoms with Gasteiger partial charge in [-0.3, -0.25) is 4.90 Å². The van der Waals surface area contributed by atoms with Crippen LogP contribution in [0.25, 0.3) is 0 Å². The lowest BCUT2D eigenvalue weighted by molar-refractivity contribution is -0.0729. The van der Waals surface area contributed by atoms with Crippen molar-refractivity contribution in [3.8, 4) is 5.75 Å². The molecule has 0 aromatic heterocycles. The molecule has 190 valence electrons. The monoisotopic (exact) mass is 485 g/mol. The third kappa shape index (κ3) is 6.86. The van der Waals surface area contributed by atoms with Gasteiger partial charge in [0.2, 0.25) is 0 Å². The first-order chi connectivity index (χ1) is 16.8. The van der Waals surface area contributed by atoms with Gasteiger partial charge in [-0.1, -0.05) is 30.3 Å². The number of hydrogen-bond donors (Lipinski definition) is 0. The zero-order valence-electron chi connectivity index (χ0n) is 20.9. The van der Waals surface area contributed by atoms with Gasteiger partial charge in [0.1, 0.15) is 30.9 Å². The summed E-state index contributed by atoms with van der Waals surface area (Å²) in [6.07, 6.45) is -0.381. The molecule has 1 unspecified atom stereocenters. The molecule has 2 aromatic rings. The quantitative estimate of drug-likeness (QED) is 0.613. The number of carbonyl (C=O) groups is 1. The van der Waals surface area contributed by atoms with E-state index in [1.165, 1.54) is 6.07 Å². The number of amides is 1. The van der Waals surface area contributed by atoms with Gasteiger partial charge in [-0.05, 0) is 38.5 Å². The van der Waals surface area contributed by atoms with E-state index in [0.717, 1.165) is 18.7 Å². The molecule has 2 fully saturated rings. The summed E-state index contributed by atoms with van der Waals surface area (Å²) in [5, 5.41) is 0. The minimum absolute atomic E-state index is 0.0413. The first kappa shape index (κ1) is 25.3. The summed E-state index contributed by atoms with van der Waals surface area (Å²) in [5.41, 5.74) is 1.55. The highest BCUT2D eigenvalue weighted by molar-refractivity contribution is 5.68. The predicted molar refractivity (Wildman–Crippen MR) is 133 cm³/mol. The standard InChI is InChI=1S/C27H36FN3O4/c1-27(2,3)31-15-16-33-23(18-31)20-34-22-9-10-25(24(28)17-22)29-11-13-30(14-12-29)26(32)35-19-21-7-5-4-6-8-21/h4-10,17,23H,11-16,18-20H2,1-3H3. The summed E-state index contributed by atoms with van der Waals surface area (Å²) in [7, 11) is 0. The Labute approximate surface area is 207 Å². The zero-order chi connectivity index (χ0) is 24.8. The topological polar surface area (TPSA) is 54.5 Å². The van der Waals surface area contributed by atoms with E-state index in [4.69, 9.17) is 14.2 Å². The van der Waals surface area contributed by atoms with Crippen LogP contribution in [0.15, 0.2) is 48.5 Å². The van der Waals surface area contributed by atoms with Crippen LogP contribution < -0.4 is 9.64 Å². The zero-order valence-corrected chi connectivity index (χ0v) is 20.9. The highest BCUT2D eigenvalue weighted by Gasteiger charge is 2.29. The van der Waals surface area contributed by atoms with Crippen molar-refractivity contribution in [1.82, 2.24) is 9.80 Å². The fraction of sp³-hybridized carbons (Fsp3) is 0.519. The molecule has 0 saturated carbocycles. The summed E-state index contributed by atoms with van der Waals surface area (Å²) in [6, 6.07) is 14.6. The molecule has 0 bridgehead atoms. The van der Waals surface area contributed by atoms with Crippen LogP contribution >= 0.6 is 0 Å². The van der Waals surface area contributed by atoms with E-state index in [2.05, 4.69) is 25.7 Å². The van der Waals surface area contributed by atoms with Crippen LogP contribution in [-0.4, -0.2) is 80.0 Å². The number of anilines is 1. The van der Waals surface area contributed by atoms with Gasteiger partial charge in [0, 0.05) is 50.9 Å². The van der Waals surface area contributed by atoms with Gasteiger partial charge in [-0.25, -0.2) is 9.18 Å². The number of morpholine rings is 1. The Bertz CT molecular complexity index is 974. The average molecular weight is 486 g/mol. The summed E-state index contributed by atoms with van der Waals surface area (Å²) < 4.78 is 32.0. The molecular weight excluding hydrogens is 449 g/mol. The Balaban J connectivity index is 1.24. The number of hydrogen-bond acceptors (Lipinski definition) is 6. The average Bonchev–Trinajstić information content (AvgIpc) is 2.86. The van der Waals surface area contributed by atoms with Gasteiger partial charge in [0.15, 0.2) is 0 Å². The van der Waals surface area contributed by atoms with E-state index >= 15 is 0 Å². The first-order valence-electron chi connectivity index (χ1n) is 12.3. The maximum Gasteiger partial charge on any atom is 0.410 e. The second-order valence-corrected chi connectivity index (χ2v) is 10.0. The number of halogens is 1. The minimum atomic E-state index is -0.340. The molecule has 2 saturated heterocycles. The van der Waals surface area contributed by atoms with Crippen LogP contribution in [0.5, 0.6) is 5.75 Å². The molecule has 7 nitrogen and oxygen atoms in total. The number of nitrogens with zero attached hydrogens (tertiary/aromatic N) is 3. The second-order valence-electron chi connectivity index (χ2n) is 10.0. The van der Waals surface area contributed by atoms with Gasteiger partial charge < -0.3 is 24.0 Å². The van der Waals surface area contributed by atoms with Gasteiger partial charge in [-0.2, -0.15) is 0 Å². The number of ether oxygens (including phenoxy) is 3. The minimum Gasteiger partial charge on any atom is -0.491 e. The predicted octanol–water partition coefficient (Wildman–Crippen LogP) is 4.16. The van der Waals surface area contributed by atoms with Crippen LogP contribution in [-0.2, 0) is 16.1 Å². The van der Waals surface area contributed by atoms with Crippen molar-refractivity contribution < 1.29 is 23.4 Å². The Morgan fingerprint density at radius 3 is 2.49 bits per heavy atom. The Hall–Kier alpha value is -2.84. The molecular formula is C27H36FN3O4. The van der Waals surface area contributed by atoms with Crippen molar-refractivity contribution >= 4 is 11.8 Å². The maximum absolute atomic E-state index is 14.9. The molecule has 35 heavy (non-hydrogen) atoms. The van der Waals surface area contributed by atoms with E-state index in [1.54, 1.807) is 17.0 Å². The van der Waals surface area contributed by atoms with Crippen molar-refractivity contribution in [2.75, 3.05) is 57.4 Å². The van der Waals surface area contributed by atoms with Crippen LogP contribution in [0.4, 0.5) is 14.9 Å². The molecule has 0 spiro atoms. The van der Waals surface area contributed by atoms with Crippen molar-refractivity contribution in [2.24, 2.45) is 0 Å². The fourth-order valence-corrected chi connectivity index (χ4v) is 4.39. The molecule has 2 aliphatic heterocycles. The molecule has 8 heteroatoms. The van der Waals surface area contributed by atoms with Crippen LogP contribution in [0, 0.1) is 5.82 Å². The molecule has 1 atom stereocenters. The number of carbonyl (C=O) groups excluding carboxylic acids is 1. The summed E-state index contributed by atoms with van der Waals surface area (Å²) >= 11 is 0. The van der Waals surface area contributed by atoms with E-state index < -0.39 is 0 Å². The third-order valence-electron chi connectivity index (χ3n) is 6.53. The van der Waals surface area contributed by atoms with E-state index in [9.17, 15) is 9.18 Å². The lowest BCUT2D eigenvalue weighted by Crippen LogP contribution is -2.52. The number of rotatable bonds is 6. The summed E-state index contributed by atoms with van der Waals surface area (Å²) in [6.45, 7) is 11.6. The maximum atomic E-state index is 14.9. The third-order valence-corrected chi connectivity index (χ3v) is 6.53. The Kier molecular flexibility index (Phi) is 8.13. The molecule has 0 N–H and O–H groups in total. The molecule has 2 aliphatic rings. The van der Waals surface area contributed by atoms with Gasteiger partial charge >= 0.3 is 6.09 Å². The van der Waals surface area contributed by atoms with Crippen molar-refractivity contribution in [1.29, 1.82) is 0 Å². The van der Waals surface area contributed by atoms with Crippen LogP contribution in [0.1, 0.15) is 26.3 Å². The summed E-state index contributed by atoms with van der Waals surface area (Å²) in [5.74, 6) is 0.161. The van der Waals surface area contributed by atoms with Crippen molar-refractivity contribution in [3.05, 3.63) is 59.9 Å². The van der Waals surface area contributed by atoms with E-state index in [1.807, 2.05) is 35.2 Å². The lowest BCUT2D eigenvalue weighted by atomic mass is 10.0. The van der Waals surface area contributed by atoms with E-state index in [0.29, 0.717) is 50.8 Å². The Morgan fingerprint density at radius 1 is 1.06 bits per heavy atom. The number of piperazine rings is 1. The van der Waals surface area contributed by atoms with Gasteiger partial charge in [0.05, 0.1) is 12.3 Å². The second kappa shape index (κ2) is 11.3. The summed E-state index contributed by atoms with van der Waals surface area (Å²) in [4.78, 5) is 18.4. The molecule has 4 rings (SSSR count). The molecule has 1 amide bonds. The molecule has 2 aromatic carbocycles. The van der Waals surface area contributed by atoms with Gasteiger partial charge in [0.25, 0.3) is 0 Å². The molecule has 0 radical (unpaired) electrons. The van der Waals surface area contributed by atoms with Gasteiger partial charge in [-0.15, -0.1) is 0 Å². The fourth-order valence-electron chi connectivity index (χ4n) is 4.39. The van der Waals surface area contributed by atoms with Crippen molar-refractivity contribution in [3.63, 3.8) is 0 Å². The highest BCUT2D eigenvalue weighted by Crippen LogP contribution is 2.26. The SMILES string of the molecule is CC(C)(C)N1CCOC(COc2ccc(N3CCN(C(=O)OCc4ccccc4)CC3)c(F)c2)C1. The first-order valence-corrected chi connectivity index (χ1v) is 12.3. The number of benzene rings is 2. The normalized spacial score (nSPS) is 19.5. The van der Waals surface area contributed by atoms with Crippen LogP contribution in [0.3, 0.4) is 0 Å². The van der Waals surface area contributed by atoms with Crippen molar-refractivity contribution in [2.45, 2.75) is 39.0 Å². The van der Waals surface area contributed by atoms with Crippen LogP contribution in [0.2, 0.25) is 0 Å². The van der Waals surface area contributed by atoms with E-state index in [-0.39, 0.29) is 30.2 Å².